The van der Waals surface area contributed by atoms with Crippen LogP contribution in [-0.4, -0.2) is 35.6 Å². The summed E-state index contributed by atoms with van der Waals surface area (Å²) in [6.07, 6.45) is 1.40. The Kier molecular flexibility index (Phi) is 5.28. The van der Waals surface area contributed by atoms with Crippen LogP contribution in [0.2, 0.25) is 0 Å². The summed E-state index contributed by atoms with van der Waals surface area (Å²) in [4.78, 5) is 17.3. The number of likely N-dealkylation sites (tertiary alicyclic amines) is 1. The molecule has 0 saturated carbocycles. The van der Waals surface area contributed by atoms with E-state index >= 15 is 0 Å². The molecule has 2 aliphatic heterocycles. The fourth-order valence-electron chi connectivity index (χ4n) is 5.27. The molecule has 0 N–H and O–H groups in total. The normalized spacial score (nSPS) is 17.5. The van der Waals surface area contributed by atoms with E-state index < -0.39 is 11.6 Å². The van der Waals surface area contributed by atoms with Crippen molar-refractivity contribution in [3.8, 4) is 0 Å². The molecule has 0 radical (unpaired) electrons. The van der Waals surface area contributed by atoms with Crippen LogP contribution in [0.5, 0.6) is 0 Å². The van der Waals surface area contributed by atoms with Crippen LogP contribution in [0.15, 0.2) is 40.9 Å². The third-order valence-corrected chi connectivity index (χ3v) is 6.92. The summed E-state index contributed by atoms with van der Waals surface area (Å²) >= 11 is 0. The van der Waals surface area contributed by atoms with Crippen molar-refractivity contribution in [3.05, 3.63) is 82.0 Å². The van der Waals surface area contributed by atoms with Crippen LogP contribution in [0.4, 0.5) is 18.9 Å². The maximum Gasteiger partial charge on any atom is 0.263 e. The smallest absolute Gasteiger partial charge is 0.263 e. The number of piperidine rings is 1. The average Bonchev–Trinajstić information content (AvgIpc) is 3.26. The maximum atomic E-state index is 14.3. The van der Waals surface area contributed by atoms with Crippen molar-refractivity contribution in [1.82, 2.24) is 10.1 Å². The standard InChI is InChI=1S/C25H24F3N3O2/c1-15-23(16(2)33-29-15)24(32)31-14-25(21-12-18(26)3-4-22(21)31)5-7-30(8-6-25)13-17-9-19(27)11-20(28)10-17/h3-4,9-12H,5-8,13-14H2,1-2H3. The molecular weight excluding hydrogens is 431 g/mol. The maximum absolute atomic E-state index is 14.3. The van der Waals surface area contributed by atoms with E-state index in [1.807, 2.05) is 0 Å². The molecule has 8 heteroatoms. The van der Waals surface area contributed by atoms with E-state index in [0.717, 1.165) is 11.6 Å². The molecule has 1 amide bonds. The van der Waals surface area contributed by atoms with Gasteiger partial charge < -0.3 is 9.42 Å². The summed E-state index contributed by atoms with van der Waals surface area (Å²) in [7, 11) is 0. The van der Waals surface area contributed by atoms with Crippen LogP contribution in [0, 0.1) is 31.3 Å². The number of anilines is 1. The molecule has 5 nitrogen and oxygen atoms in total. The molecule has 2 aromatic carbocycles. The third-order valence-electron chi connectivity index (χ3n) is 6.92. The molecule has 1 saturated heterocycles. The highest BCUT2D eigenvalue weighted by Crippen LogP contribution is 2.48. The zero-order valence-electron chi connectivity index (χ0n) is 18.5. The van der Waals surface area contributed by atoms with E-state index in [0.29, 0.717) is 67.3 Å². The molecule has 5 rings (SSSR count). The lowest BCUT2D eigenvalue weighted by atomic mass is 9.74. The Morgan fingerprint density at radius 3 is 2.36 bits per heavy atom. The molecule has 1 spiro atoms. The average molecular weight is 455 g/mol. The van der Waals surface area contributed by atoms with Crippen LogP contribution in [0.25, 0.3) is 0 Å². The number of rotatable bonds is 3. The van der Waals surface area contributed by atoms with Gasteiger partial charge in [-0.15, -0.1) is 0 Å². The third kappa shape index (κ3) is 3.82. The monoisotopic (exact) mass is 455 g/mol. The Bertz CT molecular complexity index is 1190. The SMILES string of the molecule is Cc1noc(C)c1C(=O)N1CC2(CCN(Cc3cc(F)cc(F)c3)CC2)c2cc(F)ccc21. The minimum Gasteiger partial charge on any atom is -0.361 e. The number of hydrogen-bond acceptors (Lipinski definition) is 4. The van der Waals surface area contributed by atoms with Crippen LogP contribution in [-0.2, 0) is 12.0 Å². The minimum absolute atomic E-state index is 0.200. The van der Waals surface area contributed by atoms with Crippen molar-refractivity contribution in [1.29, 1.82) is 0 Å². The number of fused-ring (bicyclic) bond motifs is 2. The fourth-order valence-corrected chi connectivity index (χ4v) is 5.27. The van der Waals surface area contributed by atoms with Crippen molar-refractivity contribution in [2.75, 3.05) is 24.5 Å². The van der Waals surface area contributed by atoms with Gasteiger partial charge in [0.05, 0.1) is 5.69 Å². The van der Waals surface area contributed by atoms with Crippen LogP contribution < -0.4 is 4.90 Å². The second-order valence-electron chi connectivity index (χ2n) is 9.09. The van der Waals surface area contributed by atoms with Crippen molar-refractivity contribution < 1.29 is 22.5 Å². The number of benzene rings is 2. The van der Waals surface area contributed by atoms with Gasteiger partial charge in [-0.3, -0.25) is 9.69 Å². The molecule has 33 heavy (non-hydrogen) atoms. The van der Waals surface area contributed by atoms with E-state index in [4.69, 9.17) is 4.52 Å². The van der Waals surface area contributed by atoms with Gasteiger partial charge in [-0.05, 0) is 81.2 Å². The lowest BCUT2D eigenvalue weighted by Gasteiger charge is -2.40. The summed E-state index contributed by atoms with van der Waals surface area (Å²) in [5.74, 6) is -1.26. The minimum atomic E-state index is -0.591. The van der Waals surface area contributed by atoms with Crippen molar-refractivity contribution >= 4 is 11.6 Å². The summed E-state index contributed by atoms with van der Waals surface area (Å²) < 4.78 is 46.6. The van der Waals surface area contributed by atoms with Gasteiger partial charge in [-0.2, -0.15) is 0 Å². The number of amides is 1. The first-order valence-electron chi connectivity index (χ1n) is 11.0. The topological polar surface area (TPSA) is 49.6 Å². The van der Waals surface area contributed by atoms with Gasteiger partial charge in [0.1, 0.15) is 28.8 Å². The highest BCUT2D eigenvalue weighted by Gasteiger charge is 2.47. The molecule has 2 aliphatic rings. The predicted octanol–water partition coefficient (Wildman–Crippen LogP) is 4.90. The Balaban J connectivity index is 1.40. The molecule has 1 fully saturated rings. The van der Waals surface area contributed by atoms with Crippen LogP contribution >= 0.6 is 0 Å². The number of carbonyl (C=O) groups is 1. The van der Waals surface area contributed by atoms with Crippen molar-refractivity contribution in [2.24, 2.45) is 0 Å². The lowest BCUT2D eigenvalue weighted by Crippen LogP contribution is -2.46. The van der Waals surface area contributed by atoms with Gasteiger partial charge in [0.15, 0.2) is 0 Å². The number of hydrogen-bond donors (Lipinski definition) is 0. The van der Waals surface area contributed by atoms with Crippen LogP contribution in [0.3, 0.4) is 0 Å². The first-order valence-corrected chi connectivity index (χ1v) is 11.0. The molecule has 1 aromatic heterocycles. The van der Waals surface area contributed by atoms with E-state index in [9.17, 15) is 18.0 Å². The van der Waals surface area contributed by atoms with Gasteiger partial charge >= 0.3 is 0 Å². The Morgan fingerprint density at radius 2 is 1.73 bits per heavy atom. The molecule has 3 aromatic rings. The second kappa shape index (κ2) is 8.02. The Morgan fingerprint density at radius 1 is 1.03 bits per heavy atom. The molecular formula is C25H24F3N3O2. The van der Waals surface area contributed by atoms with Gasteiger partial charge in [0.2, 0.25) is 0 Å². The zero-order valence-corrected chi connectivity index (χ0v) is 18.5. The van der Waals surface area contributed by atoms with E-state index in [-0.39, 0.29) is 17.1 Å². The van der Waals surface area contributed by atoms with E-state index in [2.05, 4.69) is 10.1 Å². The number of carbonyl (C=O) groups excluding carboxylic acids is 1. The first-order chi connectivity index (χ1) is 15.8. The molecule has 0 bridgehead atoms. The molecule has 172 valence electrons. The van der Waals surface area contributed by atoms with Gasteiger partial charge in [-0.1, -0.05) is 5.16 Å². The molecule has 0 unspecified atom stereocenters. The van der Waals surface area contributed by atoms with Gasteiger partial charge in [0, 0.05) is 30.3 Å². The zero-order chi connectivity index (χ0) is 23.3. The number of aryl methyl sites for hydroxylation is 2. The van der Waals surface area contributed by atoms with E-state index in [1.165, 1.54) is 24.3 Å². The largest absolute Gasteiger partial charge is 0.361 e. The van der Waals surface area contributed by atoms with Crippen molar-refractivity contribution in [2.45, 2.75) is 38.6 Å². The first kappa shape index (κ1) is 21.7. The fraction of sp³-hybridized carbons (Fsp3) is 0.360. The Labute approximate surface area is 189 Å². The van der Waals surface area contributed by atoms with Crippen LogP contribution in [0.1, 0.15) is 45.8 Å². The molecule has 0 aliphatic carbocycles. The Hall–Kier alpha value is -3.13. The van der Waals surface area contributed by atoms with E-state index in [1.54, 1.807) is 24.8 Å². The summed E-state index contributed by atoms with van der Waals surface area (Å²) in [6.45, 7) is 5.65. The highest BCUT2D eigenvalue weighted by atomic mass is 19.1. The summed E-state index contributed by atoms with van der Waals surface area (Å²) in [5, 5.41) is 3.90. The molecule has 3 heterocycles. The second-order valence-corrected chi connectivity index (χ2v) is 9.09. The summed E-state index contributed by atoms with van der Waals surface area (Å²) in [6, 6.07) is 8.13. The number of halogens is 3. The van der Waals surface area contributed by atoms with Crippen molar-refractivity contribution in [3.63, 3.8) is 0 Å². The predicted molar refractivity (Wildman–Crippen MR) is 117 cm³/mol. The molecule has 0 atom stereocenters. The van der Waals surface area contributed by atoms with Gasteiger partial charge in [-0.25, -0.2) is 13.2 Å². The van der Waals surface area contributed by atoms with Gasteiger partial charge in [0.25, 0.3) is 5.91 Å². The lowest BCUT2D eigenvalue weighted by molar-refractivity contribution is 0.0973. The number of nitrogens with zero attached hydrogens (tertiary/aromatic N) is 3. The highest BCUT2D eigenvalue weighted by molar-refractivity contribution is 6.09. The number of aromatic nitrogens is 1. The quantitative estimate of drug-likeness (QED) is 0.564. The summed E-state index contributed by atoms with van der Waals surface area (Å²) in [5.41, 5.74) is 2.71.